The minimum atomic E-state index is 0. The highest BCUT2D eigenvalue weighted by Gasteiger charge is 2.30. The second kappa shape index (κ2) is 9.18. The van der Waals surface area contributed by atoms with Crippen molar-refractivity contribution in [2.24, 2.45) is 7.05 Å². The van der Waals surface area contributed by atoms with Gasteiger partial charge in [0.25, 0.3) is 0 Å². The van der Waals surface area contributed by atoms with E-state index in [1.165, 1.54) is 31.2 Å². The Kier molecular flexibility index (Phi) is 6.39. The van der Waals surface area contributed by atoms with E-state index in [4.69, 9.17) is 9.72 Å². The first-order valence-electron chi connectivity index (χ1n) is 10.6. The zero-order valence-electron chi connectivity index (χ0n) is 17.3. The molecule has 5 rings (SSSR count). The van der Waals surface area contributed by atoms with Crippen LogP contribution in [0.4, 0.5) is 0 Å². The number of aromatic nitrogens is 5. The number of imidazole rings is 1. The predicted octanol–water partition coefficient (Wildman–Crippen LogP) is 3.80. The molecule has 1 aromatic carbocycles. The second-order valence-corrected chi connectivity index (χ2v) is 8.31. The highest BCUT2D eigenvalue weighted by molar-refractivity contribution is 5.85. The smallest absolute Gasteiger partial charge is 0.155 e. The maximum absolute atomic E-state index is 5.86. The van der Waals surface area contributed by atoms with E-state index in [2.05, 4.69) is 44.3 Å². The highest BCUT2D eigenvalue weighted by Crippen LogP contribution is 2.38. The van der Waals surface area contributed by atoms with Crippen LogP contribution in [0.3, 0.4) is 0 Å². The quantitative estimate of drug-likeness (QED) is 0.619. The van der Waals surface area contributed by atoms with E-state index in [9.17, 15) is 0 Å². The number of ether oxygens (including phenoxy) is 1. The van der Waals surface area contributed by atoms with Crippen LogP contribution in [0.25, 0.3) is 0 Å². The molecule has 1 N–H and O–H groups in total. The number of hydrogen-bond donors (Lipinski definition) is 1. The number of halogens is 1. The Morgan fingerprint density at radius 2 is 1.97 bits per heavy atom. The van der Waals surface area contributed by atoms with Crippen molar-refractivity contribution < 1.29 is 4.74 Å². The summed E-state index contributed by atoms with van der Waals surface area (Å²) in [5, 5.41) is 7.68. The van der Waals surface area contributed by atoms with Crippen LogP contribution in [0, 0.1) is 0 Å². The normalized spacial score (nSPS) is 19.4. The second-order valence-electron chi connectivity index (χ2n) is 8.31. The molecular weight excluding hydrogens is 400 g/mol. The molecule has 1 aliphatic heterocycles. The summed E-state index contributed by atoms with van der Waals surface area (Å²) in [4.78, 5) is 11.6. The number of aromatic amines is 1. The summed E-state index contributed by atoms with van der Waals surface area (Å²) in [7, 11) is 1.98. The monoisotopic (exact) mass is 428 g/mol. The topological polar surface area (TPSA) is 71.9 Å². The van der Waals surface area contributed by atoms with Gasteiger partial charge < -0.3 is 9.30 Å². The molecule has 1 saturated heterocycles. The maximum atomic E-state index is 5.86. The van der Waals surface area contributed by atoms with Crippen molar-refractivity contribution in [2.75, 3.05) is 13.1 Å². The Balaban J connectivity index is 0.00000218. The summed E-state index contributed by atoms with van der Waals surface area (Å²) in [6.07, 6.45) is 8.61. The predicted molar refractivity (Wildman–Crippen MR) is 117 cm³/mol. The van der Waals surface area contributed by atoms with Crippen molar-refractivity contribution in [3.8, 4) is 5.75 Å². The summed E-state index contributed by atoms with van der Waals surface area (Å²) in [5.41, 5.74) is 1.31. The van der Waals surface area contributed by atoms with Crippen molar-refractivity contribution in [3.05, 3.63) is 59.7 Å². The summed E-state index contributed by atoms with van der Waals surface area (Å²) >= 11 is 0. The van der Waals surface area contributed by atoms with E-state index in [0.29, 0.717) is 18.4 Å². The van der Waals surface area contributed by atoms with Gasteiger partial charge in [-0.05, 0) is 49.9 Å². The van der Waals surface area contributed by atoms with Gasteiger partial charge in [-0.25, -0.2) is 9.97 Å². The highest BCUT2D eigenvalue weighted by atomic mass is 35.5. The molecule has 7 nitrogen and oxygen atoms in total. The lowest BCUT2D eigenvalue weighted by atomic mass is 9.97. The van der Waals surface area contributed by atoms with Gasteiger partial charge in [0, 0.05) is 44.4 Å². The fourth-order valence-corrected chi connectivity index (χ4v) is 4.05. The lowest BCUT2D eigenvalue weighted by molar-refractivity contribution is 0.196. The molecule has 1 unspecified atom stereocenters. The van der Waals surface area contributed by atoms with Crippen LogP contribution in [0.15, 0.2) is 36.7 Å². The number of nitrogens with one attached hydrogen (secondary N) is 1. The van der Waals surface area contributed by atoms with Crippen LogP contribution < -0.4 is 4.74 Å². The number of rotatable bonds is 7. The number of H-pyrrole nitrogens is 1. The lowest BCUT2D eigenvalue weighted by Gasteiger charge is -2.31. The Morgan fingerprint density at radius 3 is 2.70 bits per heavy atom. The van der Waals surface area contributed by atoms with E-state index < -0.39 is 0 Å². The van der Waals surface area contributed by atoms with Gasteiger partial charge in [0.2, 0.25) is 0 Å². The molecule has 3 heterocycles. The summed E-state index contributed by atoms with van der Waals surface area (Å²) in [6, 6.07) is 8.43. The van der Waals surface area contributed by atoms with Gasteiger partial charge in [0.15, 0.2) is 5.82 Å². The van der Waals surface area contributed by atoms with Gasteiger partial charge >= 0.3 is 0 Å². The molecule has 160 valence electrons. The summed E-state index contributed by atoms with van der Waals surface area (Å²) in [5.74, 6) is 4.97. The van der Waals surface area contributed by atoms with Crippen LogP contribution in [0.2, 0.25) is 0 Å². The fraction of sp³-hybridized carbons (Fsp3) is 0.500. The molecule has 2 aromatic heterocycles. The van der Waals surface area contributed by atoms with Gasteiger partial charge in [0.1, 0.15) is 24.0 Å². The van der Waals surface area contributed by atoms with Gasteiger partial charge in [-0.1, -0.05) is 12.1 Å². The molecule has 1 atom stereocenters. The van der Waals surface area contributed by atoms with Crippen molar-refractivity contribution in [2.45, 2.75) is 50.7 Å². The maximum Gasteiger partial charge on any atom is 0.155 e. The number of aryl methyl sites for hydroxylation is 1. The van der Waals surface area contributed by atoms with Gasteiger partial charge in [0.05, 0.1) is 0 Å². The first-order chi connectivity index (χ1) is 14.2. The minimum absolute atomic E-state index is 0. The molecule has 1 saturated carbocycles. The zero-order valence-corrected chi connectivity index (χ0v) is 18.1. The number of likely N-dealkylation sites (tertiary alicyclic amines) is 1. The van der Waals surface area contributed by atoms with Crippen LogP contribution in [0.5, 0.6) is 5.75 Å². The summed E-state index contributed by atoms with van der Waals surface area (Å²) < 4.78 is 7.84. The molecule has 30 heavy (non-hydrogen) atoms. The Bertz CT molecular complexity index is 949. The lowest BCUT2D eigenvalue weighted by Crippen LogP contribution is -2.34. The molecule has 0 spiro atoms. The molecule has 2 fully saturated rings. The first kappa shape index (κ1) is 20.9. The fourth-order valence-electron chi connectivity index (χ4n) is 4.05. The molecule has 1 aliphatic carbocycles. The largest absolute Gasteiger partial charge is 0.486 e. The van der Waals surface area contributed by atoms with Gasteiger partial charge in [-0.3, -0.25) is 10.00 Å². The SMILES string of the molecule is Cl.Cn1ccnc1COc1ccc(CN2CCCC(c3n[nH]c(C4CC4)n3)C2)cc1. The molecule has 8 heteroatoms. The van der Waals surface area contributed by atoms with Crippen molar-refractivity contribution >= 4 is 12.4 Å². The van der Waals surface area contributed by atoms with Crippen LogP contribution in [-0.4, -0.2) is 42.7 Å². The Labute approximate surface area is 183 Å². The van der Waals surface area contributed by atoms with E-state index in [0.717, 1.165) is 42.9 Å². The number of hydrogen-bond acceptors (Lipinski definition) is 5. The standard InChI is InChI=1S/C22H28N6O.ClH/c1-27-12-10-23-20(27)15-29-19-8-4-16(5-9-19)13-28-11-2-3-18(14-28)22-24-21(25-26-22)17-6-7-17;/h4-5,8-10,12,17-18H,2-3,6-7,11,13-15H2,1H3,(H,24,25,26);1H. The molecular formula is C22H29ClN6O. The molecule has 3 aromatic rings. The Morgan fingerprint density at radius 1 is 1.13 bits per heavy atom. The third-order valence-corrected chi connectivity index (χ3v) is 5.97. The van der Waals surface area contributed by atoms with Crippen molar-refractivity contribution in [1.82, 2.24) is 29.6 Å². The van der Waals surface area contributed by atoms with E-state index in [1.54, 1.807) is 6.20 Å². The van der Waals surface area contributed by atoms with Gasteiger partial charge in [-0.15, -0.1) is 12.4 Å². The van der Waals surface area contributed by atoms with Crippen LogP contribution in [0.1, 0.15) is 60.6 Å². The molecule has 0 bridgehead atoms. The van der Waals surface area contributed by atoms with E-state index in [1.807, 2.05) is 17.8 Å². The third kappa shape index (κ3) is 4.84. The number of nitrogens with zero attached hydrogens (tertiary/aromatic N) is 5. The van der Waals surface area contributed by atoms with E-state index in [-0.39, 0.29) is 12.4 Å². The van der Waals surface area contributed by atoms with Crippen LogP contribution >= 0.6 is 12.4 Å². The van der Waals surface area contributed by atoms with Crippen molar-refractivity contribution in [1.29, 1.82) is 0 Å². The minimum Gasteiger partial charge on any atom is -0.486 e. The number of piperidine rings is 1. The zero-order chi connectivity index (χ0) is 19.6. The number of benzene rings is 1. The van der Waals surface area contributed by atoms with E-state index >= 15 is 0 Å². The van der Waals surface area contributed by atoms with Crippen molar-refractivity contribution in [3.63, 3.8) is 0 Å². The summed E-state index contributed by atoms with van der Waals surface area (Å²) in [6.45, 7) is 3.60. The first-order valence-corrected chi connectivity index (χ1v) is 10.6. The molecule has 0 radical (unpaired) electrons. The average Bonchev–Trinajstić information content (AvgIpc) is 3.33. The average molecular weight is 429 g/mol. The van der Waals surface area contributed by atoms with Gasteiger partial charge in [-0.2, -0.15) is 5.10 Å². The third-order valence-electron chi connectivity index (χ3n) is 5.97. The van der Waals surface area contributed by atoms with Crippen LogP contribution in [-0.2, 0) is 20.2 Å². The molecule has 2 aliphatic rings. The molecule has 0 amide bonds. The Hall–Kier alpha value is -2.38.